The van der Waals surface area contributed by atoms with E-state index in [1.165, 1.54) is 24.8 Å². The largest absolute Gasteiger partial charge is 0.316 e. The Kier molecular flexibility index (Phi) is 2.65. The molecule has 1 unspecified atom stereocenters. The minimum Gasteiger partial charge on any atom is -0.316 e. The molecule has 1 N–H and O–H groups in total. The minimum absolute atomic E-state index is 0.697. The van der Waals surface area contributed by atoms with Crippen molar-refractivity contribution >= 4 is 0 Å². The highest BCUT2D eigenvalue weighted by atomic mass is 14.9. The third-order valence-electron chi connectivity index (χ3n) is 3.11. The van der Waals surface area contributed by atoms with Crippen LogP contribution in [0.1, 0.15) is 30.7 Å². The second-order valence-electron chi connectivity index (χ2n) is 3.84. The number of benzene rings is 1. The summed E-state index contributed by atoms with van der Waals surface area (Å²) < 4.78 is 0. The molecule has 2 rings (SSSR count). The Morgan fingerprint density at radius 2 is 1.92 bits per heavy atom. The van der Waals surface area contributed by atoms with E-state index in [0.29, 0.717) is 6.04 Å². The maximum atomic E-state index is 3.41. The summed E-state index contributed by atoms with van der Waals surface area (Å²) in [7, 11) is 2.08. The van der Waals surface area contributed by atoms with Gasteiger partial charge in [-0.25, -0.2) is 0 Å². The van der Waals surface area contributed by atoms with Gasteiger partial charge >= 0.3 is 0 Å². The lowest BCUT2D eigenvalue weighted by atomic mass is 9.94. The van der Waals surface area contributed by atoms with Crippen LogP contribution in [0.15, 0.2) is 30.3 Å². The van der Waals surface area contributed by atoms with Crippen LogP contribution in [-0.2, 0) is 0 Å². The average Bonchev–Trinajstić information content (AvgIpc) is 2.67. The highest BCUT2D eigenvalue weighted by Gasteiger charge is 2.26. The molecule has 0 aromatic heterocycles. The van der Waals surface area contributed by atoms with E-state index in [0.717, 1.165) is 5.92 Å². The lowest BCUT2D eigenvalue weighted by Crippen LogP contribution is -2.27. The fourth-order valence-electron chi connectivity index (χ4n) is 2.40. The van der Waals surface area contributed by atoms with Gasteiger partial charge in [-0.15, -0.1) is 0 Å². The molecular weight excluding hydrogens is 158 g/mol. The van der Waals surface area contributed by atoms with Gasteiger partial charge in [0, 0.05) is 6.04 Å². The molecule has 0 radical (unpaired) electrons. The van der Waals surface area contributed by atoms with Crippen molar-refractivity contribution in [3.8, 4) is 0 Å². The lowest BCUT2D eigenvalue weighted by molar-refractivity contribution is 0.522. The predicted molar refractivity (Wildman–Crippen MR) is 55.9 cm³/mol. The first-order valence-electron chi connectivity index (χ1n) is 5.14. The monoisotopic (exact) mass is 175 g/mol. The SMILES string of the molecule is CNC1CCC[C@@H]1c1ccccc1. The highest BCUT2D eigenvalue weighted by Crippen LogP contribution is 2.33. The fourth-order valence-corrected chi connectivity index (χ4v) is 2.40. The van der Waals surface area contributed by atoms with Gasteiger partial charge < -0.3 is 5.32 Å². The summed E-state index contributed by atoms with van der Waals surface area (Å²) in [5, 5.41) is 3.41. The highest BCUT2D eigenvalue weighted by molar-refractivity contribution is 5.22. The van der Waals surface area contributed by atoms with Crippen LogP contribution in [0.3, 0.4) is 0 Å². The molecule has 1 nitrogen and oxygen atoms in total. The first-order chi connectivity index (χ1) is 6.42. The second kappa shape index (κ2) is 3.93. The van der Waals surface area contributed by atoms with Crippen molar-refractivity contribution in [2.45, 2.75) is 31.2 Å². The lowest BCUT2D eigenvalue weighted by Gasteiger charge is -2.18. The van der Waals surface area contributed by atoms with Crippen LogP contribution < -0.4 is 5.32 Å². The first kappa shape index (κ1) is 8.76. The van der Waals surface area contributed by atoms with E-state index >= 15 is 0 Å². The molecule has 0 amide bonds. The molecule has 0 aliphatic heterocycles. The topological polar surface area (TPSA) is 12.0 Å². The zero-order valence-corrected chi connectivity index (χ0v) is 8.16. The van der Waals surface area contributed by atoms with Crippen molar-refractivity contribution in [3.63, 3.8) is 0 Å². The van der Waals surface area contributed by atoms with E-state index in [9.17, 15) is 0 Å². The van der Waals surface area contributed by atoms with Crippen LogP contribution in [0.4, 0.5) is 0 Å². The second-order valence-corrected chi connectivity index (χ2v) is 3.84. The van der Waals surface area contributed by atoms with Gasteiger partial charge in [0.25, 0.3) is 0 Å². The summed E-state index contributed by atoms with van der Waals surface area (Å²) in [5.74, 6) is 0.742. The maximum absolute atomic E-state index is 3.41. The van der Waals surface area contributed by atoms with Gasteiger partial charge in [-0.1, -0.05) is 36.8 Å². The van der Waals surface area contributed by atoms with E-state index in [1.807, 2.05) is 0 Å². The molecular formula is C12H17N. The summed E-state index contributed by atoms with van der Waals surface area (Å²) in [5.41, 5.74) is 1.50. The van der Waals surface area contributed by atoms with Crippen LogP contribution >= 0.6 is 0 Å². The summed E-state index contributed by atoms with van der Waals surface area (Å²) in [4.78, 5) is 0. The molecule has 1 aromatic carbocycles. The normalized spacial score (nSPS) is 27.8. The molecule has 1 aliphatic rings. The van der Waals surface area contributed by atoms with Crippen LogP contribution in [-0.4, -0.2) is 13.1 Å². The van der Waals surface area contributed by atoms with E-state index in [2.05, 4.69) is 42.7 Å². The Labute approximate surface area is 80.2 Å². The van der Waals surface area contributed by atoms with Gasteiger partial charge in [-0.05, 0) is 31.4 Å². The van der Waals surface area contributed by atoms with Crippen molar-refractivity contribution in [2.24, 2.45) is 0 Å². The molecule has 1 fully saturated rings. The zero-order chi connectivity index (χ0) is 9.10. The molecule has 0 spiro atoms. The Morgan fingerprint density at radius 1 is 1.15 bits per heavy atom. The van der Waals surface area contributed by atoms with Gasteiger partial charge in [-0.3, -0.25) is 0 Å². The Hall–Kier alpha value is -0.820. The van der Waals surface area contributed by atoms with Crippen LogP contribution in [0, 0.1) is 0 Å². The zero-order valence-electron chi connectivity index (χ0n) is 8.16. The summed E-state index contributed by atoms with van der Waals surface area (Å²) >= 11 is 0. The molecule has 1 saturated carbocycles. The van der Waals surface area contributed by atoms with Crippen molar-refractivity contribution < 1.29 is 0 Å². The Bertz CT molecular complexity index is 255. The minimum atomic E-state index is 0.697. The van der Waals surface area contributed by atoms with Crippen LogP contribution in [0.2, 0.25) is 0 Å². The number of hydrogen-bond donors (Lipinski definition) is 1. The first-order valence-corrected chi connectivity index (χ1v) is 5.14. The van der Waals surface area contributed by atoms with Gasteiger partial charge in [0.2, 0.25) is 0 Å². The van der Waals surface area contributed by atoms with E-state index in [1.54, 1.807) is 0 Å². The summed E-state index contributed by atoms with van der Waals surface area (Å²) in [6.07, 6.45) is 4.04. The third kappa shape index (κ3) is 1.75. The van der Waals surface area contributed by atoms with Crippen LogP contribution in [0.5, 0.6) is 0 Å². The van der Waals surface area contributed by atoms with Crippen molar-refractivity contribution in [3.05, 3.63) is 35.9 Å². The van der Waals surface area contributed by atoms with Gasteiger partial charge in [-0.2, -0.15) is 0 Å². The fraction of sp³-hybridized carbons (Fsp3) is 0.500. The van der Waals surface area contributed by atoms with Crippen molar-refractivity contribution in [1.29, 1.82) is 0 Å². The number of hydrogen-bond acceptors (Lipinski definition) is 1. The van der Waals surface area contributed by atoms with Gasteiger partial charge in [0.1, 0.15) is 0 Å². The maximum Gasteiger partial charge on any atom is 0.0133 e. The van der Waals surface area contributed by atoms with E-state index in [4.69, 9.17) is 0 Å². The van der Waals surface area contributed by atoms with E-state index < -0.39 is 0 Å². The number of nitrogens with one attached hydrogen (secondary N) is 1. The van der Waals surface area contributed by atoms with Gasteiger partial charge in [0.15, 0.2) is 0 Å². The summed E-state index contributed by atoms with van der Waals surface area (Å²) in [6.45, 7) is 0. The number of likely N-dealkylation sites (N-methyl/N-ethyl adjacent to an activating group) is 1. The molecule has 70 valence electrons. The van der Waals surface area contributed by atoms with Crippen molar-refractivity contribution in [2.75, 3.05) is 7.05 Å². The number of rotatable bonds is 2. The predicted octanol–water partition coefficient (Wildman–Crippen LogP) is 2.54. The standard InChI is InChI=1S/C12H17N/c1-13-12-9-5-8-11(12)10-6-3-2-4-7-10/h2-4,6-7,11-13H,5,8-9H2,1H3/t11-,12?/m1/s1. The molecule has 1 aromatic rings. The molecule has 1 heteroatoms. The molecule has 0 saturated heterocycles. The molecule has 2 atom stereocenters. The average molecular weight is 175 g/mol. The smallest absolute Gasteiger partial charge is 0.0133 e. The molecule has 1 aliphatic carbocycles. The summed E-state index contributed by atoms with van der Waals surface area (Å²) in [6, 6.07) is 11.6. The quantitative estimate of drug-likeness (QED) is 0.728. The Morgan fingerprint density at radius 3 is 2.62 bits per heavy atom. The van der Waals surface area contributed by atoms with Crippen LogP contribution in [0.25, 0.3) is 0 Å². The van der Waals surface area contributed by atoms with Crippen molar-refractivity contribution in [1.82, 2.24) is 5.32 Å². The van der Waals surface area contributed by atoms with E-state index in [-0.39, 0.29) is 0 Å². The third-order valence-corrected chi connectivity index (χ3v) is 3.11. The molecule has 0 bridgehead atoms. The van der Waals surface area contributed by atoms with Gasteiger partial charge in [0.05, 0.1) is 0 Å². The Balaban J connectivity index is 2.16. The molecule has 0 heterocycles. The molecule has 13 heavy (non-hydrogen) atoms.